The molecule has 1 atom stereocenters. The van der Waals surface area contributed by atoms with Gasteiger partial charge < -0.3 is 15.4 Å². The summed E-state index contributed by atoms with van der Waals surface area (Å²) in [6.07, 6.45) is 0. The molecule has 1 aliphatic heterocycles. The van der Waals surface area contributed by atoms with E-state index in [9.17, 15) is 0 Å². The highest BCUT2D eigenvalue weighted by Crippen LogP contribution is 2.37. The zero-order valence-corrected chi connectivity index (χ0v) is 13.3. The number of guanidine groups is 1. The van der Waals surface area contributed by atoms with Crippen LogP contribution >= 0.6 is 27.5 Å². The van der Waals surface area contributed by atoms with Crippen LogP contribution in [0.5, 0.6) is 0 Å². The van der Waals surface area contributed by atoms with Crippen molar-refractivity contribution in [1.82, 2.24) is 4.90 Å². The summed E-state index contributed by atoms with van der Waals surface area (Å²) in [5.41, 5.74) is 6.69. The lowest BCUT2D eigenvalue weighted by Crippen LogP contribution is -2.48. The third kappa shape index (κ3) is 2.73. The molecule has 0 bridgehead atoms. The molecule has 0 amide bonds. The molecule has 2 N–H and O–H groups in total. The number of halogens is 2. The predicted octanol–water partition coefficient (Wildman–Crippen LogP) is 2.59. The molecule has 19 heavy (non-hydrogen) atoms. The molecule has 1 heterocycles. The summed E-state index contributed by atoms with van der Waals surface area (Å²) in [5.74, 6) is 0.540. The number of rotatable bonds is 4. The number of methoxy groups -OCH3 is 1. The lowest BCUT2D eigenvalue weighted by molar-refractivity contribution is 0.137. The maximum absolute atomic E-state index is 6.37. The second-order valence-corrected chi connectivity index (χ2v) is 6.04. The predicted molar refractivity (Wildman–Crippen MR) is 81.6 cm³/mol. The van der Waals surface area contributed by atoms with Gasteiger partial charge in [-0.05, 0) is 24.6 Å². The van der Waals surface area contributed by atoms with Crippen molar-refractivity contribution in [3.05, 3.63) is 33.3 Å². The van der Waals surface area contributed by atoms with Gasteiger partial charge in [0.05, 0.1) is 18.7 Å². The van der Waals surface area contributed by atoms with Gasteiger partial charge in [-0.3, -0.25) is 4.99 Å². The van der Waals surface area contributed by atoms with Gasteiger partial charge in [-0.2, -0.15) is 0 Å². The molecular formula is C13H17BrClN3O. The van der Waals surface area contributed by atoms with Crippen LogP contribution in [0.15, 0.2) is 27.7 Å². The first-order valence-electron chi connectivity index (χ1n) is 6.01. The lowest BCUT2D eigenvalue weighted by Gasteiger charge is -2.37. The first kappa shape index (κ1) is 14.6. The molecule has 104 valence electrons. The Morgan fingerprint density at radius 1 is 1.58 bits per heavy atom. The highest BCUT2D eigenvalue weighted by atomic mass is 79.9. The minimum absolute atomic E-state index is 0.319. The molecule has 0 aliphatic carbocycles. The van der Waals surface area contributed by atoms with Crippen molar-refractivity contribution in [1.29, 1.82) is 0 Å². The van der Waals surface area contributed by atoms with E-state index in [4.69, 9.17) is 22.1 Å². The zero-order valence-electron chi connectivity index (χ0n) is 11.0. The van der Waals surface area contributed by atoms with Gasteiger partial charge in [0.2, 0.25) is 0 Å². The van der Waals surface area contributed by atoms with Crippen LogP contribution in [0.3, 0.4) is 0 Å². The van der Waals surface area contributed by atoms with Gasteiger partial charge in [0.25, 0.3) is 0 Å². The van der Waals surface area contributed by atoms with Crippen molar-refractivity contribution in [3.63, 3.8) is 0 Å². The molecule has 1 aliphatic rings. The molecule has 2 rings (SSSR count). The van der Waals surface area contributed by atoms with Crippen LogP contribution in [0, 0.1) is 0 Å². The SMILES string of the molecule is COCCN1C(N)=NCC1(C)c1ccc(Br)cc1Cl. The quantitative estimate of drug-likeness (QED) is 0.911. The highest BCUT2D eigenvalue weighted by Gasteiger charge is 2.40. The molecule has 0 aromatic heterocycles. The average Bonchev–Trinajstić information content (AvgIpc) is 2.64. The molecule has 4 nitrogen and oxygen atoms in total. The fraction of sp³-hybridized carbons (Fsp3) is 0.462. The lowest BCUT2D eigenvalue weighted by atomic mass is 9.91. The summed E-state index contributed by atoms with van der Waals surface area (Å²) in [5, 5.41) is 0.712. The Balaban J connectivity index is 2.35. The second kappa shape index (κ2) is 5.69. The summed E-state index contributed by atoms with van der Waals surface area (Å²) in [6.45, 7) is 3.99. The summed E-state index contributed by atoms with van der Waals surface area (Å²) in [6, 6.07) is 5.89. The molecule has 1 unspecified atom stereocenters. The number of aliphatic imine (C=N–C) groups is 1. The smallest absolute Gasteiger partial charge is 0.192 e. The monoisotopic (exact) mass is 345 g/mol. The van der Waals surface area contributed by atoms with Gasteiger partial charge in [-0.15, -0.1) is 0 Å². The van der Waals surface area contributed by atoms with E-state index in [-0.39, 0.29) is 5.54 Å². The Kier molecular flexibility index (Phi) is 4.38. The van der Waals surface area contributed by atoms with Gasteiger partial charge in [0, 0.05) is 23.1 Å². The van der Waals surface area contributed by atoms with Crippen LogP contribution < -0.4 is 5.73 Å². The van der Waals surface area contributed by atoms with Crippen molar-refractivity contribution < 1.29 is 4.74 Å². The molecule has 0 saturated heterocycles. The molecule has 0 saturated carbocycles. The van der Waals surface area contributed by atoms with Gasteiger partial charge in [-0.25, -0.2) is 0 Å². The van der Waals surface area contributed by atoms with Crippen LogP contribution in [0.4, 0.5) is 0 Å². The Hall–Kier alpha value is -0.780. The Morgan fingerprint density at radius 3 is 2.95 bits per heavy atom. The fourth-order valence-electron chi connectivity index (χ4n) is 2.36. The minimum atomic E-state index is -0.319. The standard InChI is InChI=1S/C13H17BrClN3O/c1-13(10-4-3-9(14)7-11(10)15)8-17-12(16)18(13)5-6-19-2/h3-4,7H,5-6,8H2,1-2H3,(H2,16,17). The number of hydrogen-bond acceptors (Lipinski definition) is 4. The first-order chi connectivity index (χ1) is 8.99. The van der Waals surface area contributed by atoms with E-state index in [2.05, 4.69) is 27.8 Å². The summed E-state index contributed by atoms with van der Waals surface area (Å²) >= 11 is 9.79. The van der Waals surface area contributed by atoms with Gasteiger partial charge in [-0.1, -0.05) is 33.6 Å². The van der Waals surface area contributed by atoms with Crippen LogP contribution in [-0.2, 0) is 10.3 Å². The van der Waals surface area contributed by atoms with Crippen LogP contribution in [0.1, 0.15) is 12.5 Å². The number of hydrogen-bond donors (Lipinski definition) is 1. The third-order valence-corrected chi connectivity index (χ3v) is 4.26. The maximum Gasteiger partial charge on any atom is 0.192 e. The molecule has 0 fully saturated rings. The molecule has 1 aromatic carbocycles. The van der Waals surface area contributed by atoms with E-state index in [1.54, 1.807) is 7.11 Å². The van der Waals surface area contributed by atoms with Crippen molar-refractivity contribution >= 4 is 33.5 Å². The number of nitrogens with two attached hydrogens (primary N) is 1. The molecule has 0 radical (unpaired) electrons. The summed E-state index contributed by atoms with van der Waals surface area (Å²) in [4.78, 5) is 6.41. The van der Waals surface area contributed by atoms with Crippen molar-refractivity contribution in [2.24, 2.45) is 10.7 Å². The summed E-state index contributed by atoms with van der Waals surface area (Å²) in [7, 11) is 1.67. The Morgan fingerprint density at radius 2 is 2.32 bits per heavy atom. The van der Waals surface area contributed by atoms with E-state index in [0.717, 1.165) is 10.0 Å². The normalized spacial score (nSPS) is 22.7. The zero-order chi connectivity index (χ0) is 14.0. The molecular weight excluding hydrogens is 330 g/mol. The largest absolute Gasteiger partial charge is 0.383 e. The first-order valence-corrected chi connectivity index (χ1v) is 7.18. The molecule has 6 heteroatoms. The van der Waals surface area contributed by atoms with Crippen LogP contribution in [0.2, 0.25) is 5.02 Å². The van der Waals surface area contributed by atoms with Gasteiger partial charge in [0.1, 0.15) is 0 Å². The second-order valence-electron chi connectivity index (χ2n) is 4.72. The van der Waals surface area contributed by atoms with E-state index in [1.807, 2.05) is 23.1 Å². The number of ether oxygens (including phenoxy) is 1. The van der Waals surface area contributed by atoms with Gasteiger partial charge in [0.15, 0.2) is 5.96 Å². The molecule has 1 aromatic rings. The van der Waals surface area contributed by atoms with Crippen LogP contribution in [0.25, 0.3) is 0 Å². The van der Waals surface area contributed by atoms with Crippen LogP contribution in [-0.4, -0.2) is 37.7 Å². The highest BCUT2D eigenvalue weighted by molar-refractivity contribution is 9.10. The maximum atomic E-state index is 6.37. The average molecular weight is 347 g/mol. The van der Waals surface area contributed by atoms with E-state index < -0.39 is 0 Å². The van der Waals surface area contributed by atoms with E-state index in [1.165, 1.54) is 0 Å². The van der Waals surface area contributed by atoms with Crippen molar-refractivity contribution in [3.8, 4) is 0 Å². The van der Waals surface area contributed by atoms with E-state index >= 15 is 0 Å². The Bertz CT molecular complexity index is 509. The Labute approximate surface area is 126 Å². The minimum Gasteiger partial charge on any atom is -0.383 e. The van der Waals surface area contributed by atoms with Crippen molar-refractivity contribution in [2.45, 2.75) is 12.5 Å². The van der Waals surface area contributed by atoms with E-state index in [0.29, 0.717) is 30.7 Å². The molecule has 0 spiro atoms. The third-order valence-electron chi connectivity index (χ3n) is 3.45. The fourth-order valence-corrected chi connectivity index (χ4v) is 3.24. The summed E-state index contributed by atoms with van der Waals surface area (Å²) < 4.78 is 6.10. The van der Waals surface area contributed by atoms with Gasteiger partial charge >= 0.3 is 0 Å². The van der Waals surface area contributed by atoms with Crippen molar-refractivity contribution in [2.75, 3.05) is 26.8 Å². The number of benzene rings is 1. The topological polar surface area (TPSA) is 50.9 Å². The number of nitrogens with zero attached hydrogens (tertiary/aromatic N) is 2.